The van der Waals surface area contributed by atoms with E-state index in [1.54, 1.807) is 0 Å². The molecule has 0 amide bonds. The molecule has 1 aliphatic rings. The van der Waals surface area contributed by atoms with Crippen LogP contribution in [0.3, 0.4) is 0 Å². The first kappa shape index (κ1) is 15.1. The van der Waals surface area contributed by atoms with Gasteiger partial charge in [-0.15, -0.1) is 23.1 Å². The number of hydrogen-bond acceptors (Lipinski definition) is 4. The fourth-order valence-electron chi connectivity index (χ4n) is 3.12. The molecule has 2 nitrogen and oxygen atoms in total. The van der Waals surface area contributed by atoms with Gasteiger partial charge in [0.15, 0.2) is 0 Å². The topological polar surface area (TPSA) is 24.9 Å². The van der Waals surface area contributed by atoms with Gasteiger partial charge in [-0.2, -0.15) is 0 Å². The van der Waals surface area contributed by atoms with E-state index in [4.69, 9.17) is 4.98 Å². The number of aryl methyl sites for hydroxylation is 2. The Labute approximate surface area is 135 Å². The average molecular weight is 319 g/mol. The summed E-state index contributed by atoms with van der Waals surface area (Å²) < 4.78 is 0. The highest BCUT2D eigenvalue weighted by Crippen LogP contribution is 2.45. The molecule has 0 fully saturated rings. The molecule has 2 heterocycles. The molecule has 0 saturated carbocycles. The van der Waals surface area contributed by atoms with Crippen molar-refractivity contribution in [3.05, 3.63) is 45.4 Å². The van der Waals surface area contributed by atoms with Crippen molar-refractivity contribution in [1.82, 2.24) is 10.3 Å². The Morgan fingerprint density at radius 1 is 1.29 bits per heavy atom. The highest BCUT2D eigenvalue weighted by atomic mass is 32.2. The summed E-state index contributed by atoms with van der Waals surface area (Å²) in [6, 6.07) is 8.80. The van der Waals surface area contributed by atoms with Crippen molar-refractivity contribution >= 4 is 23.1 Å². The number of thiazole rings is 1. The van der Waals surface area contributed by atoms with Crippen LogP contribution in [0.5, 0.6) is 0 Å². The summed E-state index contributed by atoms with van der Waals surface area (Å²) in [6.45, 7) is 7.53. The van der Waals surface area contributed by atoms with E-state index in [-0.39, 0.29) is 5.54 Å². The maximum Gasteiger partial charge on any atom is 0.118 e. The molecule has 0 spiro atoms. The molecular weight excluding hydrogens is 296 g/mol. The number of hydrogen-bond donors (Lipinski definition) is 1. The Kier molecular flexibility index (Phi) is 4.38. The van der Waals surface area contributed by atoms with Crippen molar-refractivity contribution in [3.63, 3.8) is 0 Å². The van der Waals surface area contributed by atoms with Gasteiger partial charge in [-0.3, -0.25) is 0 Å². The zero-order chi connectivity index (χ0) is 14.9. The number of benzene rings is 1. The molecule has 0 saturated heterocycles. The summed E-state index contributed by atoms with van der Waals surface area (Å²) in [6.07, 6.45) is 2.12. The van der Waals surface area contributed by atoms with Crippen LogP contribution in [0.25, 0.3) is 0 Å². The van der Waals surface area contributed by atoms with Crippen LogP contribution in [-0.4, -0.2) is 17.3 Å². The fraction of sp³-hybridized carbons (Fsp3) is 0.471. The monoisotopic (exact) mass is 318 g/mol. The second-order valence-corrected chi connectivity index (χ2v) is 7.75. The standard InChI is InChI=1S/C17H22N2S2/c1-4-14-12(3)21-16(19-14)17(18-5-2)10-11-20-15-9-7-6-8-13(15)17/h6-9,18H,4-5,10-11H2,1-3H3. The van der Waals surface area contributed by atoms with Crippen molar-refractivity contribution in [3.8, 4) is 0 Å². The van der Waals surface area contributed by atoms with Gasteiger partial charge in [-0.1, -0.05) is 32.0 Å². The first-order valence-corrected chi connectivity index (χ1v) is 9.45. The predicted octanol–water partition coefficient (Wildman–Crippen LogP) is 4.36. The van der Waals surface area contributed by atoms with Crippen LogP contribution in [0.15, 0.2) is 29.2 Å². The molecule has 0 radical (unpaired) electrons. The van der Waals surface area contributed by atoms with Gasteiger partial charge in [-0.25, -0.2) is 4.98 Å². The lowest BCUT2D eigenvalue weighted by atomic mass is 9.87. The fourth-order valence-corrected chi connectivity index (χ4v) is 5.53. The smallest absolute Gasteiger partial charge is 0.118 e. The maximum atomic E-state index is 4.99. The van der Waals surface area contributed by atoms with Gasteiger partial charge in [0.1, 0.15) is 5.01 Å². The minimum absolute atomic E-state index is 0.0978. The summed E-state index contributed by atoms with van der Waals surface area (Å²) in [7, 11) is 0. The largest absolute Gasteiger partial charge is 0.302 e. The van der Waals surface area contributed by atoms with Gasteiger partial charge in [0.05, 0.1) is 11.2 Å². The van der Waals surface area contributed by atoms with E-state index in [0.717, 1.165) is 25.1 Å². The zero-order valence-electron chi connectivity index (χ0n) is 12.9. The Morgan fingerprint density at radius 2 is 2.10 bits per heavy atom. The van der Waals surface area contributed by atoms with Crippen LogP contribution in [0.1, 0.15) is 41.4 Å². The number of rotatable bonds is 4. The van der Waals surface area contributed by atoms with Crippen molar-refractivity contribution in [1.29, 1.82) is 0 Å². The number of thioether (sulfide) groups is 1. The molecule has 2 aromatic rings. The number of nitrogens with zero attached hydrogens (tertiary/aromatic N) is 1. The SMILES string of the molecule is CCNC1(c2nc(CC)c(C)s2)CCSc2ccccc21. The third-order valence-corrected chi connectivity index (χ3v) is 6.40. The van der Waals surface area contributed by atoms with Gasteiger partial charge in [0.2, 0.25) is 0 Å². The van der Waals surface area contributed by atoms with E-state index in [0.29, 0.717) is 0 Å². The molecule has 1 aromatic carbocycles. The second-order valence-electron chi connectivity index (χ2n) is 5.41. The molecule has 1 aliphatic heterocycles. The lowest BCUT2D eigenvalue weighted by Gasteiger charge is -2.38. The molecule has 21 heavy (non-hydrogen) atoms. The summed E-state index contributed by atoms with van der Waals surface area (Å²) >= 11 is 3.83. The lowest BCUT2D eigenvalue weighted by Crippen LogP contribution is -2.45. The van der Waals surface area contributed by atoms with E-state index in [1.165, 1.54) is 26.0 Å². The summed E-state index contributed by atoms with van der Waals surface area (Å²) in [5, 5.41) is 5.01. The number of nitrogens with one attached hydrogen (secondary N) is 1. The van der Waals surface area contributed by atoms with Gasteiger partial charge >= 0.3 is 0 Å². The molecule has 0 aliphatic carbocycles. The van der Waals surface area contributed by atoms with Crippen LogP contribution in [0.4, 0.5) is 0 Å². The van der Waals surface area contributed by atoms with Crippen molar-refractivity contribution in [2.75, 3.05) is 12.3 Å². The summed E-state index contributed by atoms with van der Waals surface area (Å²) in [5.74, 6) is 1.14. The highest BCUT2D eigenvalue weighted by Gasteiger charge is 2.40. The molecule has 1 aromatic heterocycles. The van der Waals surface area contributed by atoms with Crippen LogP contribution in [-0.2, 0) is 12.0 Å². The van der Waals surface area contributed by atoms with Crippen molar-refractivity contribution in [2.45, 2.75) is 44.0 Å². The molecule has 1 atom stereocenters. The van der Waals surface area contributed by atoms with Gasteiger partial charge < -0.3 is 5.32 Å². The first-order chi connectivity index (χ1) is 10.2. The quantitative estimate of drug-likeness (QED) is 0.906. The van der Waals surface area contributed by atoms with Gasteiger partial charge in [0.25, 0.3) is 0 Å². The van der Waals surface area contributed by atoms with Gasteiger partial charge in [0, 0.05) is 15.5 Å². The van der Waals surface area contributed by atoms with E-state index in [9.17, 15) is 0 Å². The molecule has 112 valence electrons. The summed E-state index contributed by atoms with van der Waals surface area (Å²) in [5.41, 5.74) is 2.56. The normalized spacial score (nSPS) is 21.3. The minimum Gasteiger partial charge on any atom is -0.302 e. The highest BCUT2D eigenvalue weighted by molar-refractivity contribution is 7.99. The Bertz CT molecular complexity index is 635. The zero-order valence-corrected chi connectivity index (χ0v) is 14.5. The molecule has 1 unspecified atom stereocenters. The van der Waals surface area contributed by atoms with Crippen LogP contribution in [0.2, 0.25) is 0 Å². The molecule has 1 N–H and O–H groups in total. The van der Waals surface area contributed by atoms with Gasteiger partial charge in [-0.05, 0) is 37.9 Å². The Morgan fingerprint density at radius 3 is 2.81 bits per heavy atom. The van der Waals surface area contributed by atoms with E-state index in [1.807, 2.05) is 23.1 Å². The third kappa shape index (κ3) is 2.54. The van der Waals surface area contributed by atoms with E-state index >= 15 is 0 Å². The van der Waals surface area contributed by atoms with Crippen molar-refractivity contribution in [2.24, 2.45) is 0 Å². The van der Waals surface area contributed by atoms with E-state index in [2.05, 4.69) is 50.4 Å². The van der Waals surface area contributed by atoms with E-state index < -0.39 is 0 Å². The van der Waals surface area contributed by atoms with Crippen molar-refractivity contribution < 1.29 is 0 Å². The molecular formula is C17H22N2S2. The lowest BCUT2D eigenvalue weighted by molar-refractivity contribution is 0.387. The maximum absolute atomic E-state index is 4.99. The average Bonchev–Trinajstić information content (AvgIpc) is 2.89. The first-order valence-electron chi connectivity index (χ1n) is 7.65. The van der Waals surface area contributed by atoms with Crippen LogP contribution < -0.4 is 5.32 Å². The molecule has 3 rings (SSSR count). The minimum atomic E-state index is -0.0978. The number of fused-ring (bicyclic) bond motifs is 1. The molecule has 4 heteroatoms. The molecule has 0 bridgehead atoms. The number of aromatic nitrogens is 1. The van der Waals surface area contributed by atoms with Crippen LogP contribution >= 0.6 is 23.1 Å². The Hall–Kier alpha value is -0.840. The Balaban J connectivity index is 2.17. The predicted molar refractivity (Wildman–Crippen MR) is 92.5 cm³/mol. The summed E-state index contributed by atoms with van der Waals surface area (Å²) in [4.78, 5) is 7.75. The third-order valence-electron chi connectivity index (χ3n) is 4.15. The van der Waals surface area contributed by atoms with Crippen LogP contribution in [0, 0.1) is 6.92 Å². The second kappa shape index (κ2) is 6.11.